The largest absolute Gasteiger partial charge is 0.455 e. The van der Waals surface area contributed by atoms with E-state index in [2.05, 4.69) is 10.3 Å². The highest BCUT2D eigenvalue weighted by molar-refractivity contribution is 5.89. The Morgan fingerprint density at radius 3 is 2.62 bits per heavy atom. The van der Waals surface area contributed by atoms with Gasteiger partial charge in [0, 0.05) is 30.4 Å². The standard InChI is InChI=1S/C20H19N3O3/c24-20(23-11-13-25-14-12-23)22-16-6-8-17(9-7-16)26-18-5-1-3-15-4-2-10-21-19(15)18/h1-10H,11-14H2,(H,22,24). The van der Waals surface area contributed by atoms with E-state index in [1.165, 1.54) is 0 Å². The number of carbonyl (C=O) groups is 1. The number of nitrogens with one attached hydrogen (secondary N) is 1. The van der Waals surface area contributed by atoms with Gasteiger partial charge in [-0.3, -0.25) is 4.98 Å². The van der Waals surface area contributed by atoms with E-state index in [4.69, 9.17) is 9.47 Å². The summed E-state index contributed by atoms with van der Waals surface area (Å²) >= 11 is 0. The van der Waals surface area contributed by atoms with Gasteiger partial charge in [0.25, 0.3) is 0 Å². The summed E-state index contributed by atoms with van der Waals surface area (Å²) in [6, 6.07) is 16.9. The molecule has 6 nitrogen and oxygen atoms in total. The van der Waals surface area contributed by atoms with Crippen LogP contribution in [0.25, 0.3) is 10.9 Å². The normalized spacial score (nSPS) is 14.2. The van der Waals surface area contributed by atoms with Gasteiger partial charge in [-0.05, 0) is 36.4 Å². The summed E-state index contributed by atoms with van der Waals surface area (Å²) in [6.45, 7) is 2.39. The third-order valence-corrected chi connectivity index (χ3v) is 4.23. The van der Waals surface area contributed by atoms with Gasteiger partial charge in [-0.2, -0.15) is 0 Å². The Hall–Kier alpha value is -3.12. The van der Waals surface area contributed by atoms with E-state index < -0.39 is 0 Å². The van der Waals surface area contributed by atoms with Crippen LogP contribution in [0.15, 0.2) is 60.8 Å². The number of hydrogen-bond donors (Lipinski definition) is 1. The topological polar surface area (TPSA) is 63.7 Å². The van der Waals surface area contributed by atoms with Gasteiger partial charge in [0.15, 0.2) is 5.75 Å². The highest BCUT2D eigenvalue weighted by atomic mass is 16.5. The van der Waals surface area contributed by atoms with Crippen LogP contribution >= 0.6 is 0 Å². The second-order valence-corrected chi connectivity index (χ2v) is 5.99. The van der Waals surface area contributed by atoms with Crippen molar-refractivity contribution in [2.24, 2.45) is 0 Å². The molecule has 1 saturated heterocycles. The maximum atomic E-state index is 12.2. The number of ether oxygens (including phenoxy) is 2. The Balaban J connectivity index is 1.45. The van der Waals surface area contributed by atoms with Crippen molar-refractivity contribution in [3.63, 3.8) is 0 Å². The molecule has 4 rings (SSSR count). The van der Waals surface area contributed by atoms with E-state index >= 15 is 0 Å². The monoisotopic (exact) mass is 349 g/mol. The first-order valence-electron chi connectivity index (χ1n) is 8.55. The molecule has 0 atom stereocenters. The average Bonchev–Trinajstić information content (AvgIpc) is 2.70. The Kier molecular flexibility index (Phi) is 4.66. The molecule has 0 bridgehead atoms. The van der Waals surface area contributed by atoms with Gasteiger partial charge in [0.2, 0.25) is 0 Å². The number of morpholine rings is 1. The Labute approximate surface area is 151 Å². The van der Waals surface area contributed by atoms with E-state index in [1.807, 2.05) is 54.6 Å². The molecule has 2 aromatic carbocycles. The quantitative estimate of drug-likeness (QED) is 0.779. The van der Waals surface area contributed by atoms with Crippen LogP contribution in [0.3, 0.4) is 0 Å². The highest BCUT2D eigenvalue weighted by Crippen LogP contribution is 2.28. The molecule has 1 aliphatic heterocycles. The molecular weight excluding hydrogens is 330 g/mol. The third-order valence-electron chi connectivity index (χ3n) is 4.23. The number of urea groups is 1. The highest BCUT2D eigenvalue weighted by Gasteiger charge is 2.16. The van der Waals surface area contributed by atoms with E-state index in [0.29, 0.717) is 37.8 Å². The van der Waals surface area contributed by atoms with Crippen LogP contribution in [-0.4, -0.2) is 42.2 Å². The lowest BCUT2D eigenvalue weighted by Crippen LogP contribution is -2.43. The summed E-state index contributed by atoms with van der Waals surface area (Å²) < 4.78 is 11.2. The number of anilines is 1. The molecule has 26 heavy (non-hydrogen) atoms. The molecule has 0 aliphatic carbocycles. The SMILES string of the molecule is O=C(Nc1ccc(Oc2cccc3cccnc23)cc1)N1CCOCC1. The van der Waals surface area contributed by atoms with Crippen molar-refractivity contribution in [1.82, 2.24) is 9.88 Å². The summed E-state index contributed by atoms with van der Waals surface area (Å²) in [5, 5.41) is 3.92. The van der Waals surface area contributed by atoms with Crippen molar-refractivity contribution in [1.29, 1.82) is 0 Å². The minimum absolute atomic E-state index is 0.111. The summed E-state index contributed by atoms with van der Waals surface area (Å²) in [6.07, 6.45) is 1.75. The predicted octanol–water partition coefficient (Wildman–Crippen LogP) is 3.89. The van der Waals surface area contributed by atoms with Crippen LogP contribution in [0.5, 0.6) is 11.5 Å². The number of hydrogen-bond acceptors (Lipinski definition) is 4. The van der Waals surface area contributed by atoms with Gasteiger partial charge in [-0.1, -0.05) is 18.2 Å². The molecule has 0 saturated carbocycles. The summed E-state index contributed by atoms with van der Waals surface area (Å²) in [7, 11) is 0. The van der Waals surface area contributed by atoms with Crippen molar-refractivity contribution in [3.05, 3.63) is 60.8 Å². The molecule has 1 fully saturated rings. The number of pyridine rings is 1. The lowest BCUT2D eigenvalue weighted by atomic mass is 10.2. The zero-order chi connectivity index (χ0) is 17.8. The zero-order valence-corrected chi connectivity index (χ0v) is 14.2. The number of fused-ring (bicyclic) bond motifs is 1. The summed E-state index contributed by atoms with van der Waals surface area (Å²) in [5.41, 5.74) is 1.55. The van der Waals surface area contributed by atoms with Gasteiger partial charge in [-0.15, -0.1) is 0 Å². The van der Waals surface area contributed by atoms with Crippen LogP contribution in [0.2, 0.25) is 0 Å². The number of para-hydroxylation sites is 1. The first-order chi connectivity index (χ1) is 12.8. The molecule has 0 spiro atoms. The lowest BCUT2D eigenvalue weighted by molar-refractivity contribution is 0.0564. The molecule has 3 aromatic rings. The van der Waals surface area contributed by atoms with Crippen molar-refractivity contribution in [2.45, 2.75) is 0 Å². The number of rotatable bonds is 3. The third kappa shape index (κ3) is 3.60. The Morgan fingerprint density at radius 1 is 1.04 bits per heavy atom. The van der Waals surface area contributed by atoms with Gasteiger partial charge in [0.05, 0.1) is 13.2 Å². The number of nitrogens with zero attached hydrogens (tertiary/aromatic N) is 2. The first kappa shape index (κ1) is 16.4. The maximum absolute atomic E-state index is 12.2. The van der Waals surface area contributed by atoms with Crippen molar-refractivity contribution in [3.8, 4) is 11.5 Å². The van der Waals surface area contributed by atoms with Crippen LogP contribution in [0.4, 0.5) is 10.5 Å². The molecule has 1 N–H and O–H groups in total. The van der Waals surface area contributed by atoms with Crippen LogP contribution in [-0.2, 0) is 4.74 Å². The molecule has 2 heterocycles. The van der Waals surface area contributed by atoms with Gasteiger partial charge in [0.1, 0.15) is 11.3 Å². The number of benzene rings is 2. The number of carbonyl (C=O) groups excluding carboxylic acids is 1. The van der Waals surface area contributed by atoms with Gasteiger partial charge < -0.3 is 19.7 Å². The fourth-order valence-electron chi connectivity index (χ4n) is 2.86. The Morgan fingerprint density at radius 2 is 1.81 bits per heavy atom. The average molecular weight is 349 g/mol. The minimum Gasteiger partial charge on any atom is -0.455 e. The fraction of sp³-hybridized carbons (Fsp3) is 0.200. The van der Waals surface area contributed by atoms with E-state index in [-0.39, 0.29) is 6.03 Å². The fourth-order valence-corrected chi connectivity index (χ4v) is 2.86. The molecule has 6 heteroatoms. The second-order valence-electron chi connectivity index (χ2n) is 5.99. The van der Waals surface area contributed by atoms with Crippen LogP contribution < -0.4 is 10.1 Å². The van der Waals surface area contributed by atoms with E-state index in [9.17, 15) is 4.79 Å². The number of amides is 2. The van der Waals surface area contributed by atoms with Gasteiger partial charge >= 0.3 is 6.03 Å². The van der Waals surface area contributed by atoms with E-state index in [1.54, 1.807) is 11.1 Å². The van der Waals surface area contributed by atoms with E-state index in [0.717, 1.165) is 16.6 Å². The molecule has 1 aromatic heterocycles. The zero-order valence-electron chi connectivity index (χ0n) is 14.2. The first-order valence-corrected chi connectivity index (χ1v) is 8.55. The maximum Gasteiger partial charge on any atom is 0.321 e. The summed E-state index contributed by atoms with van der Waals surface area (Å²) in [5.74, 6) is 1.39. The Bertz CT molecular complexity index is 900. The molecule has 132 valence electrons. The van der Waals surface area contributed by atoms with Crippen molar-refractivity contribution in [2.75, 3.05) is 31.6 Å². The molecular formula is C20H19N3O3. The number of aromatic nitrogens is 1. The van der Waals surface area contributed by atoms with Crippen LogP contribution in [0, 0.1) is 0 Å². The molecule has 2 amide bonds. The summed E-state index contributed by atoms with van der Waals surface area (Å²) in [4.78, 5) is 18.3. The second kappa shape index (κ2) is 7.41. The molecule has 1 aliphatic rings. The smallest absolute Gasteiger partial charge is 0.321 e. The van der Waals surface area contributed by atoms with Crippen LogP contribution in [0.1, 0.15) is 0 Å². The molecule has 0 radical (unpaired) electrons. The van der Waals surface area contributed by atoms with Crippen molar-refractivity contribution < 1.29 is 14.3 Å². The van der Waals surface area contributed by atoms with Gasteiger partial charge in [-0.25, -0.2) is 4.79 Å². The lowest BCUT2D eigenvalue weighted by Gasteiger charge is -2.26. The van der Waals surface area contributed by atoms with Crippen molar-refractivity contribution >= 4 is 22.6 Å². The minimum atomic E-state index is -0.111. The molecule has 0 unspecified atom stereocenters. The predicted molar refractivity (Wildman–Crippen MR) is 99.7 cm³/mol.